The Hall–Kier alpha value is -1.69. The lowest BCUT2D eigenvalue weighted by Gasteiger charge is -2.11. The molecule has 2 rings (SSSR count). The molecule has 2 heterocycles. The van der Waals surface area contributed by atoms with Gasteiger partial charge in [0.2, 0.25) is 0 Å². The van der Waals surface area contributed by atoms with E-state index in [9.17, 15) is 4.79 Å². The Bertz CT molecular complexity index is 430. The summed E-state index contributed by atoms with van der Waals surface area (Å²) in [4.78, 5) is 20.2. The molecule has 21 heavy (non-hydrogen) atoms. The number of hydrogen-bond acceptors (Lipinski definition) is 5. The number of nitrogens with zero attached hydrogens (tertiary/aromatic N) is 2. The van der Waals surface area contributed by atoms with Crippen molar-refractivity contribution in [3.05, 3.63) is 18.1 Å². The summed E-state index contributed by atoms with van der Waals surface area (Å²) in [7, 11) is 0. The molecule has 0 aromatic carbocycles. The number of rotatable bonds is 8. The molecular formula is C15H24N4O2. The van der Waals surface area contributed by atoms with Gasteiger partial charge in [-0.25, -0.2) is 9.97 Å². The van der Waals surface area contributed by atoms with Crippen molar-refractivity contribution in [3.8, 4) is 0 Å². The molecular weight excluding hydrogens is 268 g/mol. The number of carbonyl (C=O) groups is 1. The van der Waals surface area contributed by atoms with Crippen LogP contribution in [0.3, 0.4) is 0 Å². The third-order valence-corrected chi connectivity index (χ3v) is 3.49. The molecule has 0 saturated carbocycles. The van der Waals surface area contributed by atoms with E-state index in [0.717, 1.165) is 45.3 Å². The molecule has 1 fully saturated rings. The molecule has 0 aliphatic carbocycles. The van der Waals surface area contributed by atoms with Gasteiger partial charge < -0.3 is 15.4 Å². The maximum atomic E-state index is 11.8. The number of nitrogens with one attached hydrogen (secondary N) is 2. The molecule has 1 atom stereocenters. The van der Waals surface area contributed by atoms with Gasteiger partial charge in [0.15, 0.2) is 0 Å². The van der Waals surface area contributed by atoms with Crippen molar-refractivity contribution in [2.75, 3.05) is 25.0 Å². The van der Waals surface area contributed by atoms with Gasteiger partial charge in [-0.3, -0.25) is 4.79 Å². The van der Waals surface area contributed by atoms with Crippen LogP contribution in [-0.2, 0) is 4.74 Å². The normalized spacial score (nSPS) is 17.7. The van der Waals surface area contributed by atoms with E-state index in [2.05, 4.69) is 27.5 Å². The highest BCUT2D eigenvalue weighted by Crippen LogP contribution is 2.12. The van der Waals surface area contributed by atoms with Crippen molar-refractivity contribution >= 4 is 11.7 Å². The van der Waals surface area contributed by atoms with E-state index in [1.807, 2.05) is 0 Å². The van der Waals surface area contributed by atoms with Gasteiger partial charge in [-0.15, -0.1) is 0 Å². The van der Waals surface area contributed by atoms with Crippen molar-refractivity contribution in [2.24, 2.45) is 0 Å². The molecule has 1 unspecified atom stereocenters. The maximum absolute atomic E-state index is 11.8. The van der Waals surface area contributed by atoms with Crippen molar-refractivity contribution in [1.82, 2.24) is 15.3 Å². The van der Waals surface area contributed by atoms with Crippen LogP contribution in [0.2, 0.25) is 0 Å². The van der Waals surface area contributed by atoms with E-state index in [-0.39, 0.29) is 12.0 Å². The fourth-order valence-corrected chi connectivity index (χ4v) is 2.23. The molecule has 6 heteroatoms. The molecule has 1 saturated heterocycles. The molecule has 1 amide bonds. The van der Waals surface area contributed by atoms with Crippen LogP contribution in [0.4, 0.5) is 5.82 Å². The van der Waals surface area contributed by atoms with Gasteiger partial charge in [-0.1, -0.05) is 19.8 Å². The van der Waals surface area contributed by atoms with E-state index in [1.165, 1.54) is 6.20 Å². The Morgan fingerprint density at radius 3 is 2.95 bits per heavy atom. The zero-order valence-electron chi connectivity index (χ0n) is 12.6. The smallest absolute Gasteiger partial charge is 0.271 e. The van der Waals surface area contributed by atoms with Gasteiger partial charge in [-0.2, -0.15) is 0 Å². The Balaban J connectivity index is 1.73. The Morgan fingerprint density at radius 1 is 1.38 bits per heavy atom. The Kier molecular flexibility index (Phi) is 6.40. The van der Waals surface area contributed by atoms with Crippen LogP contribution in [0.5, 0.6) is 0 Å². The summed E-state index contributed by atoms with van der Waals surface area (Å²) in [6.45, 7) is 4.40. The molecule has 116 valence electrons. The van der Waals surface area contributed by atoms with E-state index in [0.29, 0.717) is 18.1 Å². The fraction of sp³-hybridized carbons (Fsp3) is 0.667. The number of aromatic nitrogens is 2. The number of carbonyl (C=O) groups excluding carboxylic acids is 1. The standard InChI is InChI=1S/C15H24N4O2/c1-2-3-4-7-16-15(20)13-10-19-14(11-17-13)18-9-12-6-5-8-21-12/h10-12H,2-9H2,1H3,(H,16,20)(H,18,19). The van der Waals surface area contributed by atoms with E-state index < -0.39 is 0 Å². The summed E-state index contributed by atoms with van der Waals surface area (Å²) >= 11 is 0. The van der Waals surface area contributed by atoms with Gasteiger partial charge in [0.25, 0.3) is 5.91 Å². The third-order valence-electron chi connectivity index (χ3n) is 3.49. The van der Waals surface area contributed by atoms with Crippen molar-refractivity contribution in [1.29, 1.82) is 0 Å². The Labute approximate surface area is 125 Å². The predicted molar refractivity (Wildman–Crippen MR) is 81.4 cm³/mol. The van der Waals surface area contributed by atoms with Crippen molar-refractivity contribution < 1.29 is 9.53 Å². The van der Waals surface area contributed by atoms with Crippen LogP contribution in [0, 0.1) is 0 Å². The minimum Gasteiger partial charge on any atom is -0.376 e. The van der Waals surface area contributed by atoms with Crippen LogP contribution in [0.15, 0.2) is 12.4 Å². The molecule has 1 aromatic rings. The number of amides is 1. The predicted octanol–water partition coefficient (Wildman–Crippen LogP) is 1.99. The van der Waals surface area contributed by atoms with Crippen LogP contribution in [0.25, 0.3) is 0 Å². The zero-order valence-corrected chi connectivity index (χ0v) is 12.6. The zero-order chi connectivity index (χ0) is 14.9. The lowest BCUT2D eigenvalue weighted by molar-refractivity contribution is 0.0947. The quantitative estimate of drug-likeness (QED) is 0.717. The molecule has 0 bridgehead atoms. The molecule has 1 aliphatic rings. The summed E-state index contributed by atoms with van der Waals surface area (Å²) in [6, 6.07) is 0. The van der Waals surface area contributed by atoms with Crippen LogP contribution in [0.1, 0.15) is 49.5 Å². The fourth-order valence-electron chi connectivity index (χ4n) is 2.23. The third kappa shape index (κ3) is 5.30. The first-order chi connectivity index (χ1) is 10.3. The number of unbranched alkanes of at least 4 members (excludes halogenated alkanes) is 2. The van der Waals surface area contributed by atoms with Crippen LogP contribution < -0.4 is 10.6 Å². The number of anilines is 1. The highest BCUT2D eigenvalue weighted by molar-refractivity contribution is 5.91. The van der Waals surface area contributed by atoms with E-state index in [4.69, 9.17) is 4.74 Å². The molecule has 6 nitrogen and oxygen atoms in total. The topological polar surface area (TPSA) is 76.1 Å². The average Bonchev–Trinajstić information content (AvgIpc) is 3.03. The Morgan fingerprint density at radius 2 is 2.29 bits per heavy atom. The SMILES string of the molecule is CCCCCNC(=O)c1cnc(NCC2CCCO2)cn1. The van der Waals surface area contributed by atoms with Crippen LogP contribution >= 0.6 is 0 Å². The lowest BCUT2D eigenvalue weighted by atomic mass is 10.2. The molecule has 1 aliphatic heterocycles. The van der Waals surface area contributed by atoms with Crippen molar-refractivity contribution in [2.45, 2.75) is 45.1 Å². The second kappa shape index (κ2) is 8.56. The first kappa shape index (κ1) is 15.7. The molecule has 0 radical (unpaired) electrons. The van der Waals surface area contributed by atoms with Gasteiger partial charge >= 0.3 is 0 Å². The summed E-state index contributed by atoms with van der Waals surface area (Å²) in [6.07, 6.45) is 8.82. The lowest BCUT2D eigenvalue weighted by Crippen LogP contribution is -2.25. The second-order valence-electron chi connectivity index (χ2n) is 5.27. The number of hydrogen-bond donors (Lipinski definition) is 2. The van der Waals surface area contributed by atoms with E-state index >= 15 is 0 Å². The number of ether oxygens (including phenoxy) is 1. The maximum Gasteiger partial charge on any atom is 0.271 e. The summed E-state index contributed by atoms with van der Waals surface area (Å²) in [5, 5.41) is 6.03. The van der Waals surface area contributed by atoms with Gasteiger partial charge in [0.05, 0.1) is 18.5 Å². The minimum absolute atomic E-state index is 0.163. The second-order valence-corrected chi connectivity index (χ2v) is 5.27. The largest absolute Gasteiger partial charge is 0.376 e. The van der Waals surface area contributed by atoms with Gasteiger partial charge in [0.1, 0.15) is 11.5 Å². The highest BCUT2D eigenvalue weighted by atomic mass is 16.5. The highest BCUT2D eigenvalue weighted by Gasteiger charge is 2.15. The molecule has 1 aromatic heterocycles. The summed E-state index contributed by atoms with van der Waals surface area (Å²) in [5.74, 6) is 0.511. The first-order valence-corrected chi connectivity index (χ1v) is 7.75. The van der Waals surface area contributed by atoms with Gasteiger partial charge in [-0.05, 0) is 19.3 Å². The summed E-state index contributed by atoms with van der Waals surface area (Å²) < 4.78 is 5.53. The van der Waals surface area contributed by atoms with Gasteiger partial charge in [0, 0.05) is 19.7 Å². The monoisotopic (exact) mass is 292 g/mol. The average molecular weight is 292 g/mol. The van der Waals surface area contributed by atoms with Crippen LogP contribution in [-0.4, -0.2) is 41.7 Å². The van der Waals surface area contributed by atoms with E-state index in [1.54, 1.807) is 6.20 Å². The first-order valence-electron chi connectivity index (χ1n) is 7.75. The molecule has 0 spiro atoms. The summed E-state index contributed by atoms with van der Waals surface area (Å²) in [5.41, 5.74) is 0.356. The molecule has 2 N–H and O–H groups in total. The minimum atomic E-state index is -0.163. The van der Waals surface area contributed by atoms with Crippen molar-refractivity contribution in [3.63, 3.8) is 0 Å².